The van der Waals surface area contributed by atoms with Crippen LogP contribution in [0.1, 0.15) is 36.6 Å². The van der Waals surface area contributed by atoms with Crippen molar-refractivity contribution in [3.63, 3.8) is 0 Å². The highest BCUT2D eigenvalue weighted by Gasteiger charge is 2.13. The van der Waals surface area contributed by atoms with Crippen LogP contribution in [0.4, 0.5) is 4.39 Å². The molecule has 0 amide bonds. The zero-order chi connectivity index (χ0) is 14.7. The summed E-state index contributed by atoms with van der Waals surface area (Å²) in [5, 5.41) is 10.3. The van der Waals surface area contributed by atoms with E-state index in [1.807, 2.05) is 13.8 Å². The minimum Gasteiger partial charge on any atom is -0.489 e. The van der Waals surface area contributed by atoms with Gasteiger partial charge in [0.15, 0.2) is 0 Å². The van der Waals surface area contributed by atoms with E-state index in [2.05, 4.69) is 4.98 Å². The Bertz CT molecular complexity index is 599. The number of nitrogens with zero attached hydrogens (tertiary/aromatic N) is 1. The van der Waals surface area contributed by atoms with Crippen molar-refractivity contribution in [1.82, 2.24) is 4.98 Å². The summed E-state index contributed by atoms with van der Waals surface area (Å²) >= 11 is 0. The number of hydrogen-bond acceptors (Lipinski definition) is 3. The molecule has 106 valence electrons. The SMILES string of the molecule is Cc1ccc(C(O)c2cncc(OC(C)C)c2)cc1F. The molecule has 0 radical (unpaired) electrons. The van der Waals surface area contributed by atoms with Crippen molar-refractivity contribution in [3.05, 3.63) is 59.2 Å². The predicted octanol–water partition coefficient (Wildman–Crippen LogP) is 3.40. The zero-order valence-corrected chi connectivity index (χ0v) is 11.8. The average molecular weight is 275 g/mol. The van der Waals surface area contributed by atoms with Crippen LogP contribution in [0.5, 0.6) is 5.75 Å². The molecule has 0 aliphatic heterocycles. The quantitative estimate of drug-likeness (QED) is 0.930. The molecule has 0 aliphatic carbocycles. The molecule has 0 spiro atoms. The van der Waals surface area contributed by atoms with E-state index in [-0.39, 0.29) is 11.9 Å². The van der Waals surface area contributed by atoms with Crippen molar-refractivity contribution < 1.29 is 14.2 Å². The van der Waals surface area contributed by atoms with E-state index in [1.165, 1.54) is 6.07 Å². The number of halogens is 1. The fourth-order valence-electron chi connectivity index (χ4n) is 1.89. The number of aryl methyl sites for hydroxylation is 1. The van der Waals surface area contributed by atoms with Crippen LogP contribution in [-0.4, -0.2) is 16.2 Å². The van der Waals surface area contributed by atoms with Crippen molar-refractivity contribution in [2.45, 2.75) is 33.0 Å². The van der Waals surface area contributed by atoms with E-state index in [0.717, 1.165) is 0 Å². The van der Waals surface area contributed by atoms with E-state index in [4.69, 9.17) is 4.74 Å². The van der Waals surface area contributed by atoms with Crippen LogP contribution in [0.3, 0.4) is 0 Å². The molecule has 20 heavy (non-hydrogen) atoms. The molecule has 1 N–H and O–H groups in total. The summed E-state index contributed by atoms with van der Waals surface area (Å²) in [5.41, 5.74) is 1.62. The van der Waals surface area contributed by atoms with Crippen LogP contribution in [0.15, 0.2) is 36.7 Å². The second-order valence-electron chi connectivity index (χ2n) is 5.03. The molecule has 1 heterocycles. The number of pyridine rings is 1. The fraction of sp³-hybridized carbons (Fsp3) is 0.312. The van der Waals surface area contributed by atoms with Crippen molar-refractivity contribution >= 4 is 0 Å². The van der Waals surface area contributed by atoms with Gasteiger partial charge < -0.3 is 9.84 Å². The first kappa shape index (κ1) is 14.5. The summed E-state index contributed by atoms with van der Waals surface area (Å²) in [6, 6.07) is 6.42. The summed E-state index contributed by atoms with van der Waals surface area (Å²) in [6.45, 7) is 5.51. The van der Waals surface area contributed by atoms with Crippen LogP contribution >= 0.6 is 0 Å². The minimum absolute atomic E-state index is 0.0287. The normalized spacial score (nSPS) is 12.5. The van der Waals surface area contributed by atoms with Gasteiger partial charge in [-0.25, -0.2) is 4.39 Å². The second kappa shape index (κ2) is 6.01. The molecule has 1 aromatic heterocycles. The lowest BCUT2D eigenvalue weighted by Gasteiger charge is -2.14. The molecule has 0 aliphatic rings. The highest BCUT2D eigenvalue weighted by Crippen LogP contribution is 2.25. The van der Waals surface area contributed by atoms with E-state index in [0.29, 0.717) is 22.4 Å². The molecule has 1 atom stereocenters. The molecule has 0 saturated carbocycles. The van der Waals surface area contributed by atoms with E-state index < -0.39 is 6.10 Å². The molecule has 4 heteroatoms. The predicted molar refractivity (Wildman–Crippen MR) is 75.2 cm³/mol. The summed E-state index contributed by atoms with van der Waals surface area (Å²) < 4.78 is 19.1. The maximum absolute atomic E-state index is 13.6. The van der Waals surface area contributed by atoms with Gasteiger partial charge in [0.25, 0.3) is 0 Å². The summed E-state index contributed by atoms with van der Waals surface area (Å²) in [6.07, 6.45) is 2.25. The molecule has 0 bridgehead atoms. The number of ether oxygens (including phenoxy) is 1. The Labute approximate surface area is 118 Å². The number of benzene rings is 1. The van der Waals surface area contributed by atoms with Gasteiger partial charge in [-0.15, -0.1) is 0 Å². The summed E-state index contributed by atoms with van der Waals surface area (Å²) in [7, 11) is 0. The Morgan fingerprint density at radius 1 is 1.15 bits per heavy atom. The third kappa shape index (κ3) is 3.33. The van der Waals surface area contributed by atoms with Crippen LogP contribution in [0.25, 0.3) is 0 Å². The zero-order valence-electron chi connectivity index (χ0n) is 11.8. The Hall–Kier alpha value is -1.94. The topological polar surface area (TPSA) is 42.4 Å². The third-order valence-electron chi connectivity index (χ3n) is 2.93. The smallest absolute Gasteiger partial charge is 0.138 e. The molecule has 0 saturated heterocycles. The van der Waals surface area contributed by atoms with E-state index in [9.17, 15) is 9.50 Å². The van der Waals surface area contributed by atoms with Gasteiger partial charge in [0.2, 0.25) is 0 Å². The first-order valence-electron chi connectivity index (χ1n) is 6.53. The van der Waals surface area contributed by atoms with E-state index >= 15 is 0 Å². The average Bonchev–Trinajstić information content (AvgIpc) is 2.40. The van der Waals surface area contributed by atoms with Crippen LogP contribution in [-0.2, 0) is 0 Å². The van der Waals surface area contributed by atoms with Crippen molar-refractivity contribution in [1.29, 1.82) is 0 Å². The number of hydrogen-bond donors (Lipinski definition) is 1. The Kier molecular flexibility index (Phi) is 4.35. The number of aliphatic hydroxyl groups is 1. The molecule has 0 fully saturated rings. The molecule has 1 unspecified atom stereocenters. The summed E-state index contributed by atoms with van der Waals surface area (Å²) in [4.78, 5) is 4.05. The lowest BCUT2D eigenvalue weighted by molar-refractivity contribution is 0.215. The van der Waals surface area contributed by atoms with Gasteiger partial charge in [-0.2, -0.15) is 0 Å². The number of aromatic nitrogens is 1. The Morgan fingerprint density at radius 2 is 1.90 bits per heavy atom. The monoisotopic (exact) mass is 275 g/mol. The molecular formula is C16H18FNO2. The number of rotatable bonds is 4. The molecule has 2 aromatic rings. The molecule has 1 aromatic carbocycles. The van der Waals surface area contributed by atoms with Gasteiger partial charge in [-0.05, 0) is 44.0 Å². The van der Waals surface area contributed by atoms with Gasteiger partial charge in [0, 0.05) is 11.8 Å². The summed E-state index contributed by atoms with van der Waals surface area (Å²) in [5.74, 6) is 0.258. The third-order valence-corrected chi connectivity index (χ3v) is 2.93. The molecule has 3 nitrogen and oxygen atoms in total. The van der Waals surface area contributed by atoms with Crippen LogP contribution in [0, 0.1) is 12.7 Å². The van der Waals surface area contributed by atoms with Gasteiger partial charge in [0.1, 0.15) is 17.7 Å². The fourth-order valence-corrected chi connectivity index (χ4v) is 1.89. The van der Waals surface area contributed by atoms with Gasteiger partial charge in [-0.1, -0.05) is 12.1 Å². The van der Waals surface area contributed by atoms with Crippen molar-refractivity contribution in [3.8, 4) is 5.75 Å². The van der Waals surface area contributed by atoms with Crippen LogP contribution < -0.4 is 4.74 Å². The Morgan fingerprint density at radius 3 is 2.55 bits per heavy atom. The first-order chi connectivity index (χ1) is 9.47. The van der Waals surface area contributed by atoms with E-state index in [1.54, 1.807) is 37.5 Å². The lowest BCUT2D eigenvalue weighted by Crippen LogP contribution is -2.07. The molecular weight excluding hydrogens is 257 g/mol. The lowest BCUT2D eigenvalue weighted by atomic mass is 10.0. The standard InChI is InChI=1S/C16H18FNO2/c1-10(2)20-14-6-13(8-18-9-14)16(19)12-5-4-11(3)15(17)7-12/h4-10,16,19H,1-3H3. The van der Waals surface area contributed by atoms with Gasteiger partial charge >= 0.3 is 0 Å². The first-order valence-corrected chi connectivity index (χ1v) is 6.53. The highest BCUT2D eigenvalue weighted by molar-refractivity contribution is 5.34. The maximum Gasteiger partial charge on any atom is 0.138 e. The maximum atomic E-state index is 13.6. The molecule has 2 rings (SSSR count). The van der Waals surface area contributed by atoms with Gasteiger partial charge in [0.05, 0.1) is 12.3 Å². The Balaban J connectivity index is 2.28. The van der Waals surface area contributed by atoms with Gasteiger partial charge in [-0.3, -0.25) is 4.98 Å². The van der Waals surface area contributed by atoms with Crippen molar-refractivity contribution in [2.24, 2.45) is 0 Å². The highest BCUT2D eigenvalue weighted by atomic mass is 19.1. The van der Waals surface area contributed by atoms with Crippen molar-refractivity contribution in [2.75, 3.05) is 0 Å². The number of aliphatic hydroxyl groups excluding tert-OH is 1. The second-order valence-corrected chi connectivity index (χ2v) is 5.03. The minimum atomic E-state index is -0.923. The van der Waals surface area contributed by atoms with Crippen LogP contribution in [0.2, 0.25) is 0 Å². The largest absolute Gasteiger partial charge is 0.489 e.